The lowest BCUT2D eigenvalue weighted by atomic mass is 10.0. The molecule has 1 amide bonds. The van der Waals surface area contributed by atoms with Gasteiger partial charge in [-0.05, 0) is 50.3 Å². The van der Waals surface area contributed by atoms with Crippen molar-refractivity contribution >= 4 is 17.6 Å². The number of nitrogens with one attached hydrogen (secondary N) is 2. The SMILES string of the molecule is CCC(CNC=O)C(C)Oc1cc(-c2ccc(N3CCNCC3)cn2)cn2ncc(C3CC3)c12. The van der Waals surface area contributed by atoms with Crippen LogP contribution in [-0.4, -0.2) is 59.8 Å². The Kier molecular flexibility index (Phi) is 6.67. The van der Waals surface area contributed by atoms with Crippen molar-refractivity contribution in [3.05, 3.63) is 42.4 Å². The second-order valence-corrected chi connectivity index (χ2v) is 9.42. The van der Waals surface area contributed by atoms with Gasteiger partial charge >= 0.3 is 0 Å². The van der Waals surface area contributed by atoms with Crippen LogP contribution in [-0.2, 0) is 4.79 Å². The monoisotopic (exact) mass is 462 g/mol. The highest BCUT2D eigenvalue weighted by molar-refractivity contribution is 5.73. The summed E-state index contributed by atoms with van der Waals surface area (Å²) in [4.78, 5) is 18.0. The number of amides is 1. The zero-order valence-electron chi connectivity index (χ0n) is 20.0. The van der Waals surface area contributed by atoms with E-state index in [2.05, 4.69) is 58.9 Å². The van der Waals surface area contributed by atoms with Crippen LogP contribution in [0.2, 0.25) is 0 Å². The summed E-state index contributed by atoms with van der Waals surface area (Å²) < 4.78 is 8.52. The summed E-state index contributed by atoms with van der Waals surface area (Å²) in [5, 5.41) is 10.9. The van der Waals surface area contributed by atoms with Gasteiger partial charge in [0.1, 0.15) is 17.4 Å². The molecule has 5 rings (SSSR count). The van der Waals surface area contributed by atoms with Crippen molar-refractivity contribution < 1.29 is 9.53 Å². The average Bonchev–Trinajstić information content (AvgIpc) is 3.63. The van der Waals surface area contributed by atoms with Crippen molar-refractivity contribution in [2.24, 2.45) is 5.92 Å². The maximum absolute atomic E-state index is 10.8. The predicted molar refractivity (Wildman–Crippen MR) is 133 cm³/mol. The Morgan fingerprint density at radius 3 is 2.76 bits per heavy atom. The Balaban J connectivity index is 1.46. The first kappa shape index (κ1) is 22.7. The third-order valence-corrected chi connectivity index (χ3v) is 7.11. The van der Waals surface area contributed by atoms with E-state index in [1.165, 1.54) is 18.4 Å². The van der Waals surface area contributed by atoms with E-state index in [-0.39, 0.29) is 12.0 Å². The van der Waals surface area contributed by atoms with Crippen LogP contribution < -0.4 is 20.3 Å². The summed E-state index contributed by atoms with van der Waals surface area (Å²) in [6.07, 6.45) is 10.0. The van der Waals surface area contributed by atoms with Crippen molar-refractivity contribution in [3.63, 3.8) is 0 Å². The quantitative estimate of drug-likeness (QED) is 0.450. The Hall–Kier alpha value is -3.13. The first-order valence-electron chi connectivity index (χ1n) is 12.4. The lowest BCUT2D eigenvalue weighted by molar-refractivity contribution is -0.109. The van der Waals surface area contributed by atoms with E-state index in [4.69, 9.17) is 9.72 Å². The van der Waals surface area contributed by atoms with E-state index in [9.17, 15) is 4.79 Å². The summed E-state index contributed by atoms with van der Waals surface area (Å²) in [7, 11) is 0. The number of carbonyl (C=O) groups excluding carboxylic acids is 1. The highest BCUT2D eigenvalue weighted by Gasteiger charge is 2.29. The largest absolute Gasteiger partial charge is 0.488 e. The third kappa shape index (κ3) is 4.73. The molecule has 1 aliphatic carbocycles. The highest BCUT2D eigenvalue weighted by atomic mass is 16.5. The van der Waals surface area contributed by atoms with Gasteiger partial charge in [0.2, 0.25) is 6.41 Å². The maximum Gasteiger partial charge on any atom is 0.207 e. The molecule has 0 spiro atoms. The maximum atomic E-state index is 10.8. The van der Waals surface area contributed by atoms with Gasteiger partial charge in [0, 0.05) is 56.0 Å². The van der Waals surface area contributed by atoms with Crippen molar-refractivity contribution in [1.29, 1.82) is 0 Å². The molecule has 8 heteroatoms. The normalized spacial score (nSPS) is 18.0. The van der Waals surface area contributed by atoms with Crippen molar-refractivity contribution in [2.45, 2.75) is 45.1 Å². The Morgan fingerprint density at radius 2 is 2.09 bits per heavy atom. The molecule has 3 aromatic heterocycles. The number of rotatable bonds is 10. The van der Waals surface area contributed by atoms with Gasteiger partial charge in [0.05, 0.1) is 23.8 Å². The minimum absolute atomic E-state index is 0.0542. The number of carbonyl (C=O) groups is 1. The molecule has 8 nitrogen and oxygen atoms in total. The molecule has 2 N–H and O–H groups in total. The number of anilines is 1. The first-order valence-corrected chi connectivity index (χ1v) is 12.4. The molecule has 0 bridgehead atoms. The molecular weight excluding hydrogens is 428 g/mol. The van der Waals surface area contributed by atoms with Crippen molar-refractivity contribution in [2.75, 3.05) is 37.6 Å². The number of nitrogens with zero attached hydrogens (tertiary/aromatic N) is 4. The molecule has 180 valence electrons. The molecule has 3 aromatic rings. The Labute approximate surface area is 200 Å². The molecule has 2 aliphatic rings. The van der Waals surface area contributed by atoms with Gasteiger partial charge in [-0.25, -0.2) is 4.52 Å². The van der Waals surface area contributed by atoms with E-state index in [0.29, 0.717) is 12.5 Å². The van der Waals surface area contributed by atoms with Gasteiger partial charge in [-0.1, -0.05) is 6.92 Å². The van der Waals surface area contributed by atoms with Crippen LogP contribution in [0.15, 0.2) is 36.8 Å². The first-order chi connectivity index (χ1) is 16.7. The minimum atomic E-state index is -0.0542. The minimum Gasteiger partial charge on any atom is -0.488 e. The molecule has 0 aromatic carbocycles. The van der Waals surface area contributed by atoms with E-state index < -0.39 is 0 Å². The highest BCUT2D eigenvalue weighted by Crippen LogP contribution is 2.44. The molecule has 0 radical (unpaired) electrons. The van der Waals surface area contributed by atoms with E-state index >= 15 is 0 Å². The smallest absolute Gasteiger partial charge is 0.207 e. The van der Waals surface area contributed by atoms with E-state index in [1.807, 2.05) is 16.9 Å². The van der Waals surface area contributed by atoms with Gasteiger partial charge < -0.3 is 20.3 Å². The number of aromatic nitrogens is 3. The summed E-state index contributed by atoms with van der Waals surface area (Å²) in [6.45, 7) is 8.80. The van der Waals surface area contributed by atoms with Gasteiger partial charge in [0.25, 0.3) is 0 Å². The second-order valence-electron chi connectivity index (χ2n) is 9.42. The molecule has 2 atom stereocenters. The Morgan fingerprint density at radius 1 is 1.26 bits per heavy atom. The van der Waals surface area contributed by atoms with Crippen molar-refractivity contribution in [1.82, 2.24) is 25.2 Å². The van der Waals surface area contributed by atoms with E-state index in [1.54, 1.807) is 0 Å². The zero-order chi connectivity index (χ0) is 23.5. The average molecular weight is 463 g/mol. The standard InChI is InChI=1S/C26H34N6O2/c1-3-19(13-28-17-33)18(2)34-25-12-21(16-32-26(25)23(15-30-32)20-4-5-20)24-7-6-22(14-29-24)31-10-8-27-9-11-31/h6-7,12,14-20,27H,3-5,8-11,13H2,1-2H3,(H,28,33). The lowest BCUT2D eigenvalue weighted by Gasteiger charge is -2.29. The van der Waals surface area contributed by atoms with Gasteiger partial charge in [-0.15, -0.1) is 0 Å². The summed E-state index contributed by atoms with van der Waals surface area (Å²) in [5.74, 6) is 1.62. The van der Waals surface area contributed by atoms with Gasteiger partial charge in [0.15, 0.2) is 0 Å². The number of fused-ring (bicyclic) bond motifs is 1. The second kappa shape index (κ2) is 10.0. The predicted octanol–water partition coefficient (Wildman–Crippen LogP) is 3.22. The molecule has 1 saturated carbocycles. The molecule has 1 aliphatic heterocycles. The molecule has 34 heavy (non-hydrogen) atoms. The van der Waals surface area contributed by atoms with Crippen molar-refractivity contribution in [3.8, 4) is 17.0 Å². The number of ether oxygens (including phenoxy) is 1. The fourth-order valence-corrected chi connectivity index (χ4v) is 4.84. The summed E-state index contributed by atoms with van der Waals surface area (Å²) in [5.41, 5.74) is 5.34. The molecular formula is C26H34N6O2. The van der Waals surface area contributed by atoms with Crippen LogP contribution in [0.5, 0.6) is 5.75 Å². The summed E-state index contributed by atoms with van der Waals surface area (Å²) >= 11 is 0. The summed E-state index contributed by atoms with van der Waals surface area (Å²) in [6, 6.07) is 6.34. The molecule has 1 saturated heterocycles. The topological polar surface area (TPSA) is 83.8 Å². The van der Waals surface area contributed by atoms with E-state index in [0.717, 1.165) is 67.2 Å². The van der Waals surface area contributed by atoms with Crippen LogP contribution in [0.1, 0.15) is 44.6 Å². The van der Waals surface area contributed by atoms with Crippen LogP contribution in [0.25, 0.3) is 16.8 Å². The van der Waals surface area contributed by atoms with Crippen LogP contribution in [0.4, 0.5) is 5.69 Å². The number of pyridine rings is 2. The molecule has 2 unspecified atom stereocenters. The third-order valence-electron chi connectivity index (χ3n) is 7.11. The number of hydrogen-bond acceptors (Lipinski definition) is 6. The number of piperazine rings is 1. The molecule has 4 heterocycles. The fourth-order valence-electron chi connectivity index (χ4n) is 4.84. The van der Waals surface area contributed by atoms with Gasteiger partial charge in [-0.2, -0.15) is 5.10 Å². The molecule has 2 fully saturated rings. The van der Waals surface area contributed by atoms with Gasteiger partial charge in [-0.3, -0.25) is 9.78 Å². The number of hydrogen-bond donors (Lipinski definition) is 2. The van der Waals surface area contributed by atoms with Crippen LogP contribution in [0, 0.1) is 5.92 Å². The van der Waals surface area contributed by atoms with Crippen LogP contribution >= 0.6 is 0 Å². The lowest BCUT2D eigenvalue weighted by Crippen LogP contribution is -2.43. The zero-order valence-corrected chi connectivity index (χ0v) is 20.0. The van der Waals surface area contributed by atoms with Crippen LogP contribution in [0.3, 0.4) is 0 Å². The Bertz CT molecular complexity index is 1120. The fraction of sp³-hybridized carbons (Fsp3) is 0.500.